The van der Waals surface area contributed by atoms with Gasteiger partial charge in [-0.2, -0.15) is 0 Å². The van der Waals surface area contributed by atoms with Crippen molar-refractivity contribution < 1.29 is 9.59 Å². The Kier molecular flexibility index (Phi) is 5.09. The van der Waals surface area contributed by atoms with Gasteiger partial charge in [0.05, 0.1) is 0 Å². The molecular formula is C10H18N6O2. The molecule has 0 saturated carbocycles. The van der Waals surface area contributed by atoms with E-state index in [1.165, 1.54) is 4.90 Å². The fourth-order valence-corrected chi connectivity index (χ4v) is 1.14. The summed E-state index contributed by atoms with van der Waals surface area (Å²) < 4.78 is 0. The molecule has 100 valence electrons. The van der Waals surface area contributed by atoms with Crippen LogP contribution in [-0.4, -0.2) is 59.2 Å². The SMILES string of the molecule is CCc1nc(C(=O)NCCNC(=O)N(C)C)n[nH]1. The van der Waals surface area contributed by atoms with E-state index >= 15 is 0 Å². The smallest absolute Gasteiger partial charge is 0.316 e. The maximum Gasteiger partial charge on any atom is 0.316 e. The molecule has 8 heteroatoms. The summed E-state index contributed by atoms with van der Waals surface area (Å²) in [6, 6.07) is -0.199. The van der Waals surface area contributed by atoms with Crippen LogP contribution in [0.15, 0.2) is 0 Å². The number of urea groups is 1. The fourth-order valence-electron chi connectivity index (χ4n) is 1.14. The Hall–Kier alpha value is -2.12. The van der Waals surface area contributed by atoms with Crippen molar-refractivity contribution in [1.29, 1.82) is 0 Å². The van der Waals surface area contributed by atoms with E-state index in [0.29, 0.717) is 25.3 Å². The van der Waals surface area contributed by atoms with Crippen LogP contribution in [0.5, 0.6) is 0 Å². The van der Waals surface area contributed by atoms with Gasteiger partial charge < -0.3 is 15.5 Å². The minimum Gasteiger partial charge on any atom is -0.347 e. The molecule has 3 amide bonds. The Balaban J connectivity index is 2.27. The van der Waals surface area contributed by atoms with E-state index < -0.39 is 0 Å². The lowest BCUT2D eigenvalue weighted by Crippen LogP contribution is -2.39. The lowest BCUT2D eigenvalue weighted by molar-refractivity contribution is 0.0943. The molecule has 1 aromatic heterocycles. The van der Waals surface area contributed by atoms with Crippen LogP contribution in [0.25, 0.3) is 0 Å². The van der Waals surface area contributed by atoms with Gasteiger partial charge in [0, 0.05) is 33.6 Å². The molecule has 0 atom stereocenters. The number of nitrogens with one attached hydrogen (secondary N) is 3. The summed E-state index contributed by atoms with van der Waals surface area (Å²) in [5.41, 5.74) is 0. The summed E-state index contributed by atoms with van der Waals surface area (Å²) in [5.74, 6) is 0.428. The van der Waals surface area contributed by atoms with E-state index in [1.54, 1.807) is 14.1 Å². The highest BCUT2D eigenvalue weighted by atomic mass is 16.2. The van der Waals surface area contributed by atoms with Crippen LogP contribution < -0.4 is 10.6 Å². The molecule has 0 fully saturated rings. The molecule has 0 spiro atoms. The third kappa shape index (κ3) is 4.04. The van der Waals surface area contributed by atoms with Gasteiger partial charge in [-0.1, -0.05) is 6.92 Å². The van der Waals surface area contributed by atoms with Gasteiger partial charge in [-0.3, -0.25) is 9.89 Å². The molecule has 3 N–H and O–H groups in total. The summed E-state index contributed by atoms with van der Waals surface area (Å²) in [5, 5.41) is 11.7. The average molecular weight is 254 g/mol. The summed E-state index contributed by atoms with van der Waals surface area (Å²) in [7, 11) is 3.29. The van der Waals surface area contributed by atoms with Gasteiger partial charge in [0.1, 0.15) is 5.82 Å². The number of nitrogens with zero attached hydrogens (tertiary/aromatic N) is 3. The number of carbonyl (C=O) groups is 2. The minimum absolute atomic E-state index is 0.116. The van der Waals surface area contributed by atoms with Crippen molar-refractivity contribution in [2.45, 2.75) is 13.3 Å². The zero-order valence-electron chi connectivity index (χ0n) is 10.8. The van der Waals surface area contributed by atoms with Gasteiger partial charge in [-0.25, -0.2) is 9.78 Å². The Labute approximate surface area is 105 Å². The van der Waals surface area contributed by atoms with Crippen molar-refractivity contribution >= 4 is 11.9 Å². The average Bonchev–Trinajstić information content (AvgIpc) is 2.82. The summed E-state index contributed by atoms with van der Waals surface area (Å²) in [4.78, 5) is 28.2. The predicted molar refractivity (Wildman–Crippen MR) is 65.2 cm³/mol. The van der Waals surface area contributed by atoms with Gasteiger partial charge in [0.2, 0.25) is 5.82 Å². The van der Waals surface area contributed by atoms with Crippen LogP contribution in [0.2, 0.25) is 0 Å². The zero-order chi connectivity index (χ0) is 13.5. The van der Waals surface area contributed by atoms with E-state index in [1.807, 2.05) is 6.92 Å². The number of hydrogen-bond donors (Lipinski definition) is 3. The fraction of sp³-hybridized carbons (Fsp3) is 0.600. The normalized spacial score (nSPS) is 9.94. The van der Waals surface area contributed by atoms with Gasteiger partial charge in [0.15, 0.2) is 0 Å². The van der Waals surface area contributed by atoms with E-state index in [4.69, 9.17) is 0 Å². The third-order valence-electron chi connectivity index (χ3n) is 2.16. The summed E-state index contributed by atoms with van der Waals surface area (Å²) in [6.45, 7) is 2.60. The topological polar surface area (TPSA) is 103 Å². The molecule has 0 saturated heterocycles. The summed E-state index contributed by atoms with van der Waals surface area (Å²) in [6.07, 6.45) is 0.694. The summed E-state index contributed by atoms with van der Waals surface area (Å²) >= 11 is 0. The predicted octanol–water partition coefficient (Wildman–Crippen LogP) is -0.632. The number of aromatic nitrogens is 3. The molecule has 0 aliphatic rings. The van der Waals surface area contributed by atoms with Gasteiger partial charge in [-0.15, -0.1) is 5.10 Å². The quantitative estimate of drug-likeness (QED) is 0.608. The Morgan fingerprint density at radius 2 is 1.94 bits per heavy atom. The molecule has 0 aliphatic carbocycles. The van der Waals surface area contributed by atoms with E-state index in [2.05, 4.69) is 25.8 Å². The lowest BCUT2D eigenvalue weighted by atomic mass is 10.4. The second-order valence-corrected chi connectivity index (χ2v) is 3.84. The number of aromatic amines is 1. The molecule has 0 bridgehead atoms. The highest BCUT2D eigenvalue weighted by molar-refractivity contribution is 5.90. The van der Waals surface area contributed by atoms with Crippen LogP contribution >= 0.6 is 0 Å². The molecule has 1 rings (SSSR count). The number of carbonyl (C=O) groups excluding carboxylic acids is 2. The molecule has 0 aromatic carbocycles. The maximum atomic E-state index is 11.6. The monoisotopic (exact) mass is 254 g/mol. The highest BCUT2D eigenvalue weighted by Gasteiger charge is 2.11. The first-order valence-electron chi connectivity index (χ1n) is 5.69. The second-order valence-electron chi connectivity index (χ2n) is 3.84. The van der Waals surface area contributed by atoms with Gasteiger partial charge >= 0.3 is 6.03 Å². The van der Waals surface area contributed by atoms with Gasteiger partial charge in [-0.05, 0) is 0 Å². The van der Waals surface area contributed by atoms with Crippen LogP contribution in [0.1, 0.15) is 23.4 Å². The molecule has 1 aromatic rings. The first-order chi connectivity index (χ1) is 8.54. The highest BCUT2D eigenvalue weighted by Crippen LogP contribution is 1.92. The van der Waals surface area contributed by atoms with Crippen LogP contribution in [0.4, 0.5) is 4.79 Å². The Morgan fingerprint density at radius 3 is 2.50 bits per heavy atom. The Bertz CT molecular complexity index is 414. The lowest BCUT2D eigenvalue weighted by Gasteiger charge is -2.11. The third-order valence-corrected chi connectivity index (χ3v) is 2.16. The number of aryl methyl sites for hydroxylation is 1. The van der Waals surface area contributed by atoms with Crippen molar-refractivity contribution in [2.24, 2.45) is 0 Å². The number of amides is 3. The molecule has 8 nitrogen and oxygen atoms in total. The van der Waals surface area contributed by atoms with E-state index in [-0.39, 0.29) is 17.8 Å². The van der Waals surface area contributed by atoms with Crippen molar-refractivity contribution in [2.75, 3.05) is 27.2 Å². The molecule has 0 unspecified atom stereocenters. The maximum absolute atomic E-state index is 11.6. The Morgan fingerprint density at radius 1 is 1.28 bits per heavy atom. The molecular weight excluding hydrogens is 236 g/mol. The molecule has 18 heavy (non-hydrogen) atoms. The standard InChI is InChI=1S/C10H18N6O2/c1-4-7-13-8(15-14-7)9(17)11-5-6-12-10(18)16(2)3/h4-6H2,1-3H3,(H,11,17)(H,12,18)(H,13,14,15). The van der Waals surface area contributed by atoms with E-state index in [9.17, 15) is 9.59 Å². The van der Waals surface area contributed by atoms with Crippen molar-refractivity contribution in [1.82, 2.24) is 30.7 Å². The van der Waals surface area contributed by atoms with Crippen molar-refractivity contribution in [3.8, 4) is 0 Å². The largest absolute Gasteiger partial charge is 0.347 e. The van der Waals surface area contributed by atoms with Crippen LogP contribution in [0, 0.1) is 0 Å². The minimum atomic E-state index is -0.356. The molecule has 1 heterocycles. The van der Waals surface area contributed by atoms with Crippen molar-refractivity contribution in [3.05, 3.63) is 11.6 Å². The number of H-pyrrole nitrogens is 1. The van der Waals surface area contributed by atoms with Crippen LogP contribution in [-0.2, 0) is 6.42 Å². The first-order valence-corrected chi connectivity index (χ1v) is 5.69. The van der Waals surface area contributed by atoms with E-state index in [0.717, 1.165) is 0 Å². The van der Waals surface area contributed by atoms with Crippen LogP contribution in [0.3, 0.4) is 0 Å². The number of rotatable bonds is 5. The second kappa shape index (κ2) is 6.58. The number of hydrogen-bond acceptors (Lipinski definition) is 4. The first kappa shape index (κ1) is 13.9. The molecule has 0 aliphatic heterocycles. The molecule has 0 radical (unpaired) electrons. The zero-order valence-corrected chi connectivity index (χ0v) is 10.8. The van der Waals surface area contributed by atoms with Gasteiger partial charge in [0.25, 0.3) is 5.91 Å². The van der Waals surface area contributed by atoms with Crippen molar-refractivity contribution in [3.63, 3.8) is 0 Å².